The van der Waals surface area contributed by atoms with Gasteiger partial charge < -0.3 is 24.4 Å². The van der Waals surface area contributed by atoms with Crippen LogP contribution in [0.25, 0.3) is 0 Å². The van der Waals surface area contributed by atoms with Crippen molar-refractivity contribution in [3.8, 4) is 5.75 Å². The van der Waals surface area contributed by atoms with Gasteiger partial charge in [0, 0.05) is 26.2 Å². The fraction of sp³-hybridized carbons (Fsp3) is 0.474. The third-order valence-electron chi connectivity index (χ3n) is 5.49. The molecule has 1 N–H and O–H groups in total. The molecule has 0 aliphatic carbocycles. The maximum Gasteiger partial charge on any atom is 0.310 e. The zero-order valence-corrected chi connectivity index (χ0v) is 14.6. The molecule has 2 bridgehead atoms. The minimum atomic E-state index is -0.965. The van der Waals surface area contributed by atoms with Gasteiger partial charge in [-0.05, 0) is 12.1 Å². The Kier molecular flexibility index (Phi) is 4.32. The van der Waals surface area contributed by atoms with Gasteiger partial charge in [-0.25, -0.2) is 0 Å². The lowest BCUT2D eigenvalue weighted by molar-refractivity contribution is -0.149. The Morgan fingerprint density at radius 3 is 2.38 bits per heavy atom. The molecule has 3 aliphatic rings. The van der Waals surface area contributed by atoms with Crippen molar-refractivity contribution in [2.24, 2.45) is 11.8 Å². The molecule has 0 aromatic heterocycles. The number of amides is 1. The molecule has 0 spiro atoms. The SMILES string of the molecule is COc1ccccc1N1CCN(C(=O)[C@H]2[C@@H](C(=O)O)[C@@H]3C=C[C@@H]2O3)CC1. The lowest BCUT2D eigenvalue weighted by Crippen LogP contribution is -2.53. The molecule has 7 nitrogen and oxygen atoms in total. The van der Waals surface area contributed by atoms with Crippen LogP contribution >= 0.6 is 0 Å². The van der Waals surface area contributed by atoms with Crippen LogP contribution in [0.3, 0.4) is 0 Å². The Hall–Kier alpha value is -2.54. The molecule has 4 atom stereocenters. The summed E-state index contributed by atoms with van der Waals surface area (Å²) in [7, 11) is 1.65. The second-order valence-corrected chi connectivity index (χ2v) is 6.82. The Bertz CT molecular complexity index is 741. The minimum absolute atomic E-state index is 0.117. The molecule has 3 aliphatic heterocycles. The maximum absolute atomic E-state index is 13.0. The number of carbonyl (C=O) groups excluding carboxylic acids is 1. The van der Waals surface area contributed by atoms with Gasteiger partial charge in [0.15, 0.2) is 0 Å². The van der Waals surface area contributed by atoms with Crippen LogP contribution in [-0.2, 0) is 14.3 Å². The van der Waals surface area contributed by atoms with E-state index in [1.807, 2.05) is 30.3 Å². The van der Waals surface area contributed by atoms with Crippen molar-refractivity contribution in [2.45, 2.75) is 12.2 Å². The number of piperazine rings is 1. The molecule has 1 aromatic rings. The fourth-order valence-corrected chi connectivity index (χ4v) is 4.17. The molecule has 4 rings (SSSR count). The van der Waals surface area contributed by atoms with Crippen molar-refractivity contribution >= 4 is 17.6 Å². The predicted octanol–water partition coefficient (Wildman–Crippen LogP) is 0.998. The van der Waals surface area contributed by atoms with Gasteiger partial charge in [0.25, 0.3) is 0 Å². The zero-order chi connectivity index (χ0) is 18.3. The Labute approximate surface area is 151 Å². The van der Waals surface area contributed by atoms with Gasteiger partial charge in [0.2, 0.25) is 5.91 Å². The number of nitrogens with zero attached hydrogens (tertiary/aromatic N) is 2. The van der Waals surface area contributed by atoms with E-state index in [2.05, 4.69) is 4.90 Å². The van der Waals surface area contributed by atoms with Gasteiger partial charge in [-0.1, -0.05) is 24.3 Å². The highest BCUT2D eigenvalue weighted by molar-refractivity contribution is 5.87. The smallest absolute Gasteiger partial charge is 0.310 e. The van der Waals surface area contributed by atoms with E-state index in [0.29, 0.717) is 26.2 Å². The number of anilines is 1. The van der Waals surface area contributed by atoms with Crippen LogP contribution in [0.15, 0.2) is 36.4 Å². The molecule has 7 heteroatoms. The largest absolute Gasteiger partial charge is 0.495 e. The molecule has 2 saturated heterocycles. The summed E-state index contributed by atoms with van der Waals surface area (Å²) < 4.78 is 11.0. The average molecular weight is 358 g/mol. The van der Waals surface area contributed by atoms with E-state index >= 15 is 0 Å². The van der Waals surface area contributed by atoms with Crippen LogP contribution in [0.4, 0.5) is 5.69 Å². The molecule has 1 amide bonds. The van der Waals surface area contributed by atoms with Crippen LogP contribution in [-0.4, -0.2) is 67.4 Å². The molecule has 1 aromatic carbocycles. The third-order valence-corrected chi connectivity index (χ3v) is 5.49. The van der Waals surface area contributed by atoms with Gasteiger partial charge in [-0.3, -0.25) is 9.59 Å². The third kappa shape index (κ3) is 2.72. The molecule has 0 saturated carbocycles. The minimum Gasteiger partial charge on any atom is -0.495 e. The van der Waals surface area contributed by atoms with E-state index in [4.69, 9.17) is 9.47 Å². The lowest BCUT2D eigenvalue weighted by atomic mass is 9.82. The van der Waals surface area contributed by atoms with E-state index in [1.165, 1.54) is 0 Å². The number of carbonyl (C=O) groups is 2. The van der Waals surface area contributed by atoms with E-state index in [1.54, 1.807) is 18.1 Å². The van der Waals surface area contributed by atoms with Crippen molar-refractivity contribution < 1.29 is 24.2 Å². The van der Waals surface area contributed by atoms with Crippen LogP contribution in [0.1, 0.15) is 0 Å². The van der Waals surface area contributed by atoms with E-state index in [0.717, 1.165) is 11.4 Å². The summed E-state index contributed by atoms with van der Waals surface area (Å²) in [5.41, 5.74) is 1.01. The normalized spacial score (nSPS) is 29.9. The Balaban J connectivity index is 1.44. The standard InChI is InChI=1S/C19H22N2O5/c1-25-13-5-3-2-4-12(13)20-8-10-21(11-9-20)18(22)16-14-6-7-15(26-14)17(16)19(23)24/h2-7,14-17H,8-11H2,1H3,(H,23,24)/t14-,15-,16+,17-/m0/s1. The molecule has 2 fully saturated rings. The molecule has 0 radical (unpaired) electrons. The molecule has 3 heterocycles. The Morgan fingerprint density at radius 2 is 1.73 bits per heavy atom. The highest BCUT2D eigenvalue weighted by atomic mass is 16.5. The highest BCUT2D eigenvalue weighted by Crippen LogP contribution is 2.40. The first-order valence-corrected chi connectivity index (χ1v) is 8.83. The number of para-hydroxylation sites is 2. The molecular formula is C19H22N2O5. The number of hydrogen-bond donors (Lipinski definition) is 1. The summed E-state index contributed by atoms with van der Waals surface area (Å²) in [6, 6.07) is 7.82. The van der Waals surface area contributed by atoms with Crippen LogP contribution in [0.5, 0.6) is 5.75 Å². The molecule has 0 unspecified atom stereocenters. The summed E-state index contributed by atoms with van der Waals surface area (Å²) in [5.74, 6) is -1.68. The van der Waals surface area contributed by atoms with Crippen LogP contribution in [0, 0.1) is 11.8 Å². The lowest BCUT2D eigenvalue weighted by Gasteiger charge is -2.38. The zero-order valence-electron chi connectivity index (χ0n) is 14.6. The van der Waals surface area contributed by atoms with Gasteiger partial charge in [0.1, 0.15) is 11.7 Å². The molecule has 138 valence electrons. The number of carboxylic acids is 1. The van der Waals surface area contributed by atoms with Gasteiger partial charge in [-0.2, -0.15) is 0 Å². The second-order valence-electron chi connectivity index (χ2n) is 6.82. The first-order valence-electron chi connectivity index (χ1n) is 8.83. The average Bonchev–Trinajstić information content (AvgIpc) is 3.29. The molecule has 26 heavy (non-hydrogen) atoms. The first kappa shape index (κ1) is 16.9. The van der Waals surface area contributed by atoms with E-state index < -0.39 is 30.0 Å². The van der Waals surface area contributed by atoms with Crippen molar-refractivity contribution in [1.82, 2.24) is 4.90 Å². The number of carboxylic acid groups (broad SMARTS) is 1. The maximum atomic E-state index is 13.0. The monoisotopic (exact) mass is 358 g/mol. The quantitative estimate of drug-likeness (QED) is 0.809. The van der Waals surface area contributed by atoms with Gasteiger partial charge >= 0.3 is 5.97 Å². The van der Waals surface area contributed by atoms with E-state index in [-0.39, 0.29) is 5.91 Å². The predicted molar refractivity (Wildman–Crippen MR) is 94.2 cm³/mol. The van der Waals surface area contributed by atoms with Crippen molar-refractivity contribution in [3.63, 3.8) is 0 Å². The highest BCUT2D eigenvalue weighted by Gasteiger charge is 2.54. The summed E-state index contributed by atoms with van der Waals surface area (Å²) in [5, 5.41) is 9.49. The first-order chi connectivity index (χ1) is 12.6. The summed E-state index contributed by atoms with van der Waals surface area (Å²) in [6.07, 6.45) is 2.67. The summed E-state index contributed by atoms with van der Waals surface area (Å²) in [4.78, 5) is 28.5. The summed E-state index contributed by atoms with van der Waals surface area (Å²) in [6.45, 7) is 2.48. The number of ether oxygens (including phenoxy) is 2. The number of aliphatic carboxylic acids is 1. The second kappa shape index (κ2) is 6.64. The number of hydrogen-bond acceptors (Lipinski definition) is 5. The van der Waals surface area contributed by atoms with Crippen molar-refractivity contribution in [3.05, 3.63) is 36.4 Å². The topological polar surface area (TPSA) is 79.3 Å². The van der Waals surface area contributed by atoms with Crippen LogP contribution < -0.4 is 9.64 Å². The number of rotatable bonds is 4. The van der Waals surface area contributed by atoms with Crippen molar-refractivity contribution in [2.75, 3.05) is 38.2 Å². The molecular weight excluding hydrogens is 336 g/mol. The number of methoxy groups -OCH3 is 1. The Morgan fingerprint density at radius 1 is 1.08 bits per heavy atom. The number of benzene rings is 1. The fourth-order valence-electron chi connectivity index (χ4n) is 4.17. The van der Waals surface area contributed by atoms with Gasteiger partial charge in [0.05, 0.1) is 30.9 Å². The number of fused-ring (bicyclic) bond motifs is 2. The van der Waals surface area contributed by atoms with Gasteiger partial charge in [-0.15, -0.1) is 0 Å². The van der Waals surface area contributed by atoms with Crippen molar-refractivity contribution in [1.29, 1.82) is 0 Å². The van der Waals surface area contributed by atoms with Crippen LogP contribution in [0.2, 0.25) is 0 Å². The summed E-state index contributed by atoms with van der Waals surface area (Å²) >= 11 is 0. The van der Waals surface area contributed by atoms with E-state index in [9.17, 15) is 14.7 Å².